The Hall–Kier alpha value is -4.28. The van der Waals surface area contributed by atoms with E-state index in [0.29, 0.717) is 22.6 Å². The fourth-order valence-corrected chi connectivity index (χ4v) is 4.52. The van der Waals surface area contributed by atoms with Gasteiger partial charge in [-0.25, -0.2) is 17.5 Å². The highest BCUT2D eigenvalue weighted by Gasteiger charge is 2.25. The topological polar surface area (TPSA) is 108 Å². The summed E-state index contributed by atoms with van der Waals surface area (Å²) in [5.41, 5.74) is 6.02. The second kappa shape index (κ2) is 11.4. The number of para-hydroxylation sites is 1. The Morgan fingerprint density at radius 1 is 0.895 bits per heavy atom. The van der Waals surface area contributed by atoms with Gasteiger partial charge < -0.3 is 15.2 Å². The Labute approximate surface area is 218 Å². The molecule has 3 N–H and O–H groups in total. The monoisotopic (exact) mass is 538 g/mol. The van der Waals surface area contributed by atoms with Gasteiger partial charge in [0, 0.05) is 6.54 Å². The van der Waals surface area contributed by atoms with Gasteiger partial charge in [0.05, 0.1) is 10.5 Å². The van der Waals surface area contributed by atoms with Crippen molar-refractivity contribution in [1.82, 2.24) is 4.72 Å². The number of hydrogen-bond acceptors (Lipinski definition) is 6. The summed E-state index contributed by atoms with van der Waals surface area (Å²) in [6.45, 7) is 1.85. The van der Waals surface area contributed by atoms with Gasteiger partial charge in [-0.05, 0) is 66.6 Å². The molecule has 0 heterocycles. The van der Waals surface area contributed by atoms with Crippen LogP contribution < -0.4 is 19.9 Å². The van der Waals surface area contributed by atoms with Crippen molar-refractivity contribution >= 4 is 15.9 Å². The van der Waals surface area contributed by atoms with E-state index in [9.17, 15) is 22.0 Å². The Kier molecular flexibility index (Phi) is 8.04. The van der Waals surface area contributed by atoms with Gasteiger partial charge in [0.25, 0.3) is 15.9 Å². The summed E-state index contributed by atoms with van der Waals surface area (Å²) < 4.78 is 67.8. The number of hydrogen-bond donors (Lipinski definition) is 2. The molecule has 38 heavy (non-hydrogen) atoms. The summed E-state index contributed by atoms with van der Waals surface area (Å²) in [5.74, 6) is -3.57. The number of nitrogens with two attached hydrogens (primary N) is 1. The smallest absolute Gasteiger partial charge is 0.268 e. The summed E-state index contributed by atoms with van der Waals surface area (Å²) in [4.78, 5) is 12.3. The minimum atomic E-state index is -4.33. The molecular formula is C28H24F2N2O5S. The average Bonchev–Trinajstić information content (AvgIpc) is 2.91. The number of carbonyl (C=O) groups is 1. The van der Waals surface area contributed by atoms with E-state index in [4.69, 9.17) is 15.2 Å². The molecule has 4 aromatic carbocycles. The number of rotatable bonds is 9. The van der Waals surface area contributed by atoms with Crippen LogP contribution in [-0.4, -0.2) is 14.3 Å². The van der Waals surface area contributed by atoms with Crippen molar-refractivity contribution in [3.8, 4) is 17.2 Å². The molecule has 7 nitrogen and oxygen atoms in total. The van der Waals surface area contributed by atoms with Crippen molar-refractivity contribution in [2.45, 2.75) is 24.5 Å². The summed E-state index contributed by atoms with van der Waals surface area (Å²) in [7, 11) is -4.33. The molecule has 1 unspecified atom stereocenters. The maximum absolute atomic E-state index is 14.8. The van der Waals surface area contributed by atoms with Crippen molar-refractivity contribution in [2.75, 3.05) is 0 Å². The van der Waals surface area contributed by atoms with Crippen LogP contribution in [0.3, 0.4) is 0 Å². The molecule has 0 aliphatic rings. The van der Waals surface area contributed by atoms with Crippen LogP contribution in [0.4, 0.5) is 8.78 Å². The number of amides is 1. The fraction of sp³-hybridized carbons (Fsp3) is 0.107. The SMILES string of the molecule is CC(Oc1ccc(C(=O)NS(=O)(=O)c2ccc(CN)cc2)c(F)c1F)c1cccc(Oc2ccccc2)c1. The molecule has 0 saturated carbocycles. The van der Waals surface area contributed by atoms with E-state index in [1.807, 2.05) is 18.2 Å². The van der Waals surface area contributed by atoms with Crippen molar-refractivity contribution in [3.05, 3.63) is 119 Å². The first-order chi connectivity index (χ1) is 18.2. The Balaban J connectivity index is 1.48. The second-order valence-electron chi connectivity index (χ2n) is 8.27. The lowest BCUT2D eigenvalue weighted by molar-refractivity contribution is 0.0976. The lowest BCUT2D eigenvalue weighted by Gasteiger charge is -2.17. The highest BCUT2D eigenvalue weighted by atomic mass is 32.2. The molecule has 0 fully saturated rings. The van der Waals surface area contributed by atoms with Crippen molar-refractivity contribution in [1.29, 1.82) is 0 Å². The number of benzene rings is 4. The molecule has 4 rings (SSSR count). The first-order valence-corrected chi connectivity index (χ1v) is 13.0. The van der Waals surface area contributed by atoms with E-state index in [1.165, 1.54) is 24.3 Å². The first-order valence-electron chi connectivity index (χ1n) is 11.5. The summed E-state index contributed by atoms with van der Waals surface area (Å²) >= 11 is 0. The van der Waals surface area contributed by atoms with Gasteiger partial charge in [-0.2, -0.15) is 4.39 Å². The Bertz CT molecular complexity index is 1550. The third kappa shape index (κ3) is 6.16. The molecule has 0 radical (unpaired) electrons. The quantitative estimate of drug-likeness (QED) is 0.292. The number of halogens is 2. The summed E-state index contributed by atoms with van der Waals surface area (Å²) in [5, 5.41) is 0. The zero-order valence-electron chi connectivity index (χ0n) is 20.2. The van der Waals surface area contributed by atoms with Gasteiger partial charge in [-0.15, -0.1) is 0 Å². The number of ether oxygens (including phenoxy) is 2. The highest BCUT2D eigenvalue weighted by molar-refractivity contribution is 7.90. The van der Waals surface area contributed by atoms with Gasteiger partial charge in [-0.1, -0.05) is 42.5 Å². The van der Waals surface area contributed by atoms with Crippen LogP contribution in [0.5, 0.6) is 17.2 Å². The van der Waals surface area contributed by atoms with Crippen LogP contribution in [0.1, 0.15) is 34.5 Å². The molecule has 1 amide bonds. The number of sulfonamides is 1. The zero-order chi connectivity index (χ0) is 27.3. The highest BCUT2D eigenvalue weighted by Crippen LogP contribution is 2.30. The van der Waals surface area contributed by atoms with Crippen LogP contribution in [-0.2, 0) is 16.6 Å². The number of carbonyl (C=O) groups excluding carboxylic acids is 1. The predicted molar refractivity (Wildman–Crippen MR) is 137 cm³/mol. The maximum Gasteiger partial charge on any atom is 0.268 e. The van der Waals surface area contributed by atoms with E-state index in [-0.39, 0.29) is 11.4 Å². The van der Waals surface area contributed by atoms with Crippen LogP contribution in [0.25, 0.3) is 0 Å². The molecule has 0 aliphatic carbocycles. The molecular weight excluding hydrogens is 514 g/mol. The third-order valence-electron chi connectivity index (χ3n) is 5.60. The Morgan fingerprint density at radius 2 is 1.58 bits per heavy atom. The normalized spacial score (nSPS) is 12.0. The molecule has 0 aliphatic heterocycles. The van der Waals surface area contributed by atoms with Gasteiger partial charge in [0.1, 0.15) is 17.6 Å². The molecule has 0 bridgehead atoms. The molecule has 1 atom stereocenters. The van der Waals surface area contributed by atoms with Gasteiger partial charge >= 0.3 is 0 Å². The summed E-state index contributed by atoms with van der Waals surface area (Å²) in [6, 6.07) is 23.6. The van der Waals surface area contributed by atoms with Crippen molar-refractivity contribution in [2.24, 2.45) is 5.73 Å². The first kappa shape index (κ1) is 26.8. The molecule has 4 aromatic rings. The van der Waals surface area contributed by atoms with E-state index in [1.54, 1.807) is 48.0 Å². The largest absolute Gasteiger partial charge is 0.483 e. The fourth-order valence-electron chi connectivity index (χ4n) is 3.55. The van der Waals surface area contributed by atoms with E-state index in [2.05, 4.69) is 0 Å². The molecule has 196 valence electrons. The molecule has 0 aromatic heterocycles. The molecule has 0 spiro atoms. The van der Waals surface area contributed by atoms with Crippen LogP contribution in [0.15, 0.2) is 95.9 Å². The Morgan fingerprint density at radius 3 is 2.26 bits per heavy atom. The average molecular weight is 539 g/mol. The van der Waals surface area contributed by atoms with Gasteiger partial charge in [-0.3, -0.25) is 4.79 Å². The van der Waals surface area contributed by atoms with Crippen LogP contribution in [0, 0.1) is 11.6 Å². The summed E-state index contributed by atoms with van der Waals surface area (Å²) in [6.07, 6.45) is -0.709. The van der Waals surface area contributed by atoms with Gasteiger partial charge in [0.15, 0.2) is 11.6 Å². The minimum Gasteiger partial charge on any atom is -0.483 e. The van der Waals surface area contributed by atoms with E-state index >= 15 is 0 Å². The predicted octanol–water partition coefficient (Wildman–Crippen LogP) is 5.47. The molecule has 0 saturated heterocycles. The zero-order valence-corrected chi connectivity index (χ0v) is 21.0. The van der Waals surface area contributed by atoms with Gasteiger partial charge in [0.2, 0.25) is 5.82 Å². The molecule has 10 heteroatoms. The van der Waals surface area contributed by atoms with Crippen molar-refractivity contribution in [3.63, 3.8) is 0 Å². The second-order valence-corrected chi connectivity index (χ2v) is 9.95. The van der Waals surface area contributed by atoms with Crippen LogP contribution >= 0.6 is 0 Å². The van der Waals surface area contributed by atoms with E-state index < -0.39 is 45.0 Å². The van der Waals surface area contributed by atoms with E-state index in [0.717, 1.165) is 12.1 Å². The number of nitrogens with one attached hydrogen (secondary N) is 1. The van der Waals surface area contributed by atoms with Crippen LogP contribution in [0.2, 0.25) is 0 Å². The maximum atomic E-state index is 14.8. The van der Waals surface area contributed by atoms with Crippen molar-refractivity contribution < 1.29 is 31.5 Å². The third-order valence-corrected chi connectivity index (χ3v) is 6.94. The lowest BCUT2D eigenvalue weighted by atomic mass is 10.1. The standard InChI is InChI=1S/C28H24F2N2O5S/c1-18(20-6-5-9-22(16-20)37-21-7-3-2-4-8-21)36-25-15-14-24(26(29)27(25)30)28(33)32-38(34,35)23-12-10-19(17-31)11-13-23/h2-16,18H,17,31H2,1H3,(H,32,33). The minimum absolute atomic E-state index is 0.205. The lowest BCUT2D eigenvalue weighted by Crippen LogP contribution is -2.31.